The van der Waals surface area contributed by atoms with Crippen LogP contribution in [0.1, 0.15) is 30.9 Å². The Bertz CT molecular complexity index is 1120. The normalized spacial score (nSPS) is 22.1. The number of H-pyrrole nitrogens is 1. The number of rotatable bonds is 3. The van der Waals surface area contributed by atoms with Gasteiger partial charge in [-0.2, -0.15) is 5.10 Å². The molecule has 30 heavy (non-hydrogen) atoms. The van der Waals surface area contributed by atoms with Crippen LogP contribution in [0.5, 0.6) is 0 Å². The van der Waals surface area contributed by atoms with Gasteiger partial charge in [0, 0.05) is 44.4 Å². The minimum absolute atomic E-state index is 0.0539. The lowest BCUT2D eigenvalue weighted by Gasteiger charge is -2.33. The smallest absolute Gasteiger partial charge is 0.228 e. The molecule has 2 aliphatic heterocycles. The quantitative estimate of drug-likeness (QED) is 0.717. The van der Waals surface area contributed by atoms with Gasteiger partial charge in [-0.05, 0) is 25.0 Å². The lowest BCUT2D eigenvalue weighted by molar-refractivity contribution is -0.137. The number of nitrogens with zero attached hydrogens (tertiary/aromatic N) is 5. The molecule has 9 heteroatoms. The number of hydrogen-bond acceptors (Lipinski definition) is 5. The van der Waals surface area contributed by atoms with Crippen LogP contribution in [0, 0.1) is 11.7 Å². The van der Waals surface area contributed by atoms with Crippen molar-refractivity contribution in [2.24, 2.45) is 5.92 Å². The second-order valence-electron chi connectivity index (χ2n) is 7.85. The topological polar surface area (TPSA) is 95.1 Å². The Morgan fingerprint density at radius 1 is 1.17 bits per heavy atom. The monoisotopic (exact) mass is 408 g/mol. The first-order chi connectivity index (χ1) is 14.6. The van der Waals surface area contributed by atoms with E-state index in [-0.39, 0.29) is 36.4 Å². The van der Waals surface area contributed by atoms with E-state index in [9.17, 15) is 14.0 Å². The van der Waals surface area contributed by atoms with Gasteiger partial charge in [0.15, 0.2) is 5.65 Å². The molecule has 0 unspecified atom stereocenters. The molecule has 2 aliphatic rings. The minimum Gasteiger partial charge on any atom is -0.342 e. The van der Waals surface area contributed by atoms with Gasteiger partial charge >= 0.3 is 0 Å². The molecule has 2 amide bonds. The van der Waals surface area contributed by atoms with Crippen LogP contribution < -0.4 is 4.90 Å². The molecule has 0 spiro atoms. The van der Waals surface area contributed by atoms with Crippen molar-refractivity contribution >= 4 is 28.7 Å². The maximum Gasteiger partial charge on any atom is 0.228 e. The molecule has 1 aromatic carbocycles. The summed E-state index contributed by atoms with van der Waals surface area (Å²) in [5, 5.41) is 7.25. The zero-order valence-corrected chi connectivity index (χ0v) is 16.3. The molecule has 5 rings (SSSR count). The second-order valence-corrected chi connectivity index (χ2v) is 7.85. The summed E-state index contributed by atoms with van der Waals surface area (Å²) in [6.07, 6.45) is 5.11. The lowest BCUT2D eigenvalue weighted by Crippen LogP contribution is -2.43. The fourth-order valence-corrected chi connectivity index (χ4v) is 4.50. The van der Waals surface area contributed by atoms with E-state index in [0.29, 0.717) is 18.7 Å². The molecule has 2 atom stereocenters. The zero-order valence-electron chi connectivity index (χ0n) is 16.3. The average molecular weight is 408 g/mol. The Morgan fingerprint density at radius 3 is 2.87 bits per heavy atom. The highest BCUT2D eigenvalue weighted by Gasteiger charge is 2.39. The fourth-order valence-electron chi connectivity index (χ4n) is 4.50. The van der Waals surface area contributed by atoms with Crippen LogP contribution >= 0.6 is 0 Å². The van der Waals surface area contributed by atoms with Gasteiger partial charge < -0.3 is 9.80 Å². The van der Waals surface area contributed by atoms with Gasteiger partial charge in [-0.3, -0.25) is 14.7 Å². The van der Waals surface area contributed by atoms with Gasteiger partial charge in [-0.25, -0.2) is 14.4 Å². The molecule has 2 saturated heterocycles. The Kier molecular flexibility index (Phi) is 4.65. The Balaban J connectivity index is 1.32. The predicted molar refractivity (Wildman–Crippen MR) is 107 cm³/mol. The van der Waals surface area contributed by atoms with Gasteiger partial charge in [0.25, 0.3) is 0 Å². The number of piperidine rings is 1. The number of fused-ring (bicyclic) bond motifs is 1. The van der Waals surface area contributed by atoms with Crippen LogP contribution in [-0.2, 0) is 9.59 Å². The van der Waals surface area contributed by atoms with E-state index in [2.05, 4.69) is 20.2 Å². The number of benzene rings is 1. The number of anilines is 1. The van der Waals surface area contributed by atoms with Crippen LogP contribution in [0.4, 0.5) is 10.1 Å². The third kappa shape index (κ3) is 3.20. The van der Waals surface area contributed by atoms with E-state index < -0.39 is 11.7 Å². The second kappa shape index (κ2) is 7.47. The molecule has 3 aromatic rings. The average Bonchev–Trinajstić information content (AvgIpc) is 3.37. The van der Waals surface area contributed by atoms with E-state index in [1.54, 1.807) is 30.6 Å². The van der Waals surface area contributed by atoms with Crippen molar-refractivity contribution in [3.05, 3.63) is 48.2 Å². The molecule has 0 saturated carbocycles. The van der Waals surface area contributed by atoms with Crippen molar-refractivity contribution in [1.82, 2.24) is 25.1 Å². The molecule has 4 heterocycles. The number of aromatic nitrogens is 4. The SMILES string of the molecule is O=C([C@H]1CC(=O)N(c2ccccc2F)C1)N1CCC[C@H](c2[nH]nc3nccnc23)C1. The standard InChI is InChI=1S/C21H21FN6O2/c22-15-5-1-2-6-16(15)28-12-14(10-17(28)29)21(30)27-9-3-4-13(11-27)18-19-20(26-25-18)24-8-7-23-19/h1-2,5-8,13-14H,3-4,9-12H2,(H,24,25,26)/t13-,14-/m0/s1. The first kappa shape index (κ1) is 18.7. The highest BCUT2D eigenvalue weighted by molar-refractivity contribution is 6.00. The summed E-state index contributed by atoms with van der Waals surface area (Å²) < 4.78 is 14.1. The Morgan fingerprint density at radius 2 is 2.00 bits per heavy atom. The zero-order chi connectivity index (χ0) is 20.7. The Hall–Kier alpha value is -3.36. The number of para-hydroxylation sites is 1. The highest BCUT2D eigenvalue weighted by Crippen LogP contribution is 2.32. The highest BCUT2D eigenvalue weighted by atomic mass is 19.1. The van der Waals surface area contributed by atoms with Gasteiger partial charge in [-0.15, -0.1) is 0 Å². The summed E-state index contributed by atoms with van der Waals surface area (Å²) in [6.45, 7) is 1.40. The van der Waals surface area contributed by atoms with Crippen molar-refractivity contribution in [2.75, 3.05) is 24.5 Å². The van der Waals surface area contributed by atoms with E-state index in [4.69, 9.17) is 0 Å². The van der Waals surface area contributed by atoms with Crippen LogP contribution in [0.3, 0.4) is 0 Å². The maximum atomic E-state index is 14.1. The lowest BCUT2D eigenvalue weighted by atomic mass is 9.93. The number of aromatic amines is 1. The van der Waals surface area contributed by atoms with E-state index in [1.807, 2.05) is 4.90 Å². The molecule has 154 valence electrons. The number of nitrogens with one attached hydrogen (secondary N) is 1. The summed E-state index contributed by atoms with van der Waals surface area (Å²) in [4.78, 5) is 37.5. The number of hydrogen-bond donors (Lipinski definition) is 1. The summed E-state index contributed by atoms with van der Waals surface area (Å²) >= 11 is 0. The van der Waals surface area contributed by atoms with Crippen LogP contribution in [0.2, 0.25) is 0 Å². The molecule has 8 nitrogen and oxygen atoms in total. The van der Waals surface area contributed by atoms with E-state index in [1.165, 1.54) is 11.0 Å². The van der Waals surface area contributed by atoms with Crippen LogP contribution in [0.15, 0.2) is 36.7 Å². The van der Waals surface area contributed by atoms with Gasteiger partial charge in [0.2, 0.25) is 11.8 Å². The minimum atomic E-state index is -0.464. The molecular weight excluding hydrogens is 387 g/mol. The molecule has 1 N–H and O–H groups in total. The predicted octanol–water partition coefficient (Wildman–Crippen LogP) is 2.25. The largest absolute Gasteiger partial charge is 0.342 e. The Labute approximate surface area is 172 Å². The first-order valence-corrected chi connectivity index (χ1v) is 10.1. The number of carbonyl (C=O) groups is 2. The van der Waals surface area contributed by atoms with Gasteiger partial charge in [0.05, 0.1) is 17.3 Å². The molecular formula is C21H21FN6O2. The summed E-state index contributed by atoms with van der Waals surface area (Å²) in [5.74, 6) is -1.11. The third-order valence-corrected chi connectivity index (χ3v) is 5.98. The van der Waals surface area contributed by atoms with Crippen LogP contribution in [0.25, 0.3) is 11.2 Å². The first-order valence-electron chi connectivity index (χ1n) is 10.1. The number of halogens is 1. The van der Waals surface area contributed by atoms with E-state index >= 15 is 0 Å². The molecule has 0 bridgehead atoms. The van der Waals surface area contributed by atoms with Crippen molar-refractivity contribution in [3.63, 3.8) is 0 Å². The number of carbonyl (C=O) groups excluding carboxylic acids is 2. The number of likely N-dealkylation sites (tertiary alicyclic amines) is 1. The van der Waals surface area contributed by atoms with Crippen molar-refractivity contribution in [2.45, 2.75) is 25.2 Å². The molecule has 2 fully saturated rings. The summed E-state index contributed by atoms with van der Waals surface area (Å²) in [6, 6.07) is 6.17. The molecule has 0 radical (unpaired) electrons. The van der Waals surface area contributed by atoms with Gasteiger partial charge in [0.1, 0.15) is 11.3 Å². The van der Waals surface area contributed by atoms with Crippen molar-refractivity contribution < 1.29 is 14.0 Å². The summed E-state index contributed by atoms with van der Waals surface area (Å²) in [5.41, 5.74) is 2.43. The molecule has 0 aliphatic carbocycles. The van der Waals surface area contributed by atoms with E-state index in [0.717, 1.165) is 24.1 Å². The number of amides is 2. The summed E-state index contributed by atoms with van der Waals surface area (Å²) in [7, 11) is 0. The van der Waals surface area contributed by atoms with Gasteiger partial charge in [-0.1, -0.05) is 12.1 Å². The maximum absolute atomic E-state index is 14.1. The van der Waals surface area contributed by atoms with Crippen molar-refractivity contribution in [1.29, 1.82) is 0 Å². The van der Waals surface area contributed by atoms with Crippen LogP contribution in [-0.4, -0.2) is 56.5 Å². The third-order valence-electron chi connectivity index (χ3n) is 5.98. The molecule has 2 aromatic heterocycles. The van der Waals surface area contributed by atoms with Crippen molar-refractivity contribution in [3.8, 4) is 0 Å². The fraction of sp³-hybridized carbons (Fsp3) is 0.381.